The Kier molecular flexibility index (Phi) is 5.25. The first kappa shape index (κ1) is 16.6. The van der Waals surface area contributed by atoms with Crippen molar-refractivity contribution in [3.05, 3.63) is 64.4 Å². The molecule has 2 heterocycles. The van der Waals surface area contributed by atoms with Crippen LogP contribution in [0.3, 0.4) is 0 Å². The highest BCUT2D eigenvalue weighted by Crippen LogP contribution is 2.15. The van der Waals surface area contributed by atoms with Gasteiger partial charge in [0.15, 0.2) is 0 Å². The van der Waals surface area contributed by atoms with E-state index in [1.165, 1.54) is 0 Å². The Morgan fingerprint density at radius 3 is 2.54 bits per heavy atom. The van der Waals surface area contributed by atoms with Crippen LogP contribution in [0.5, 0.6) is 0 Å². The van der Waals surface area contributed by atoms with Crippen LogP contribution in [0.4, 0.5) is 0 Å². The van der Waals surface area contributed by atoms with Crippen LogP contribution in [0.15, 0.2) is 53.3 Å². The maximum absolute atomic E-state index is 12.4. The van der Waals surface area contributed by atoms with Gasteiger partial charge in [-0.05, 0) is 43.2 Å². The largest absolute Gasteiger partial charge is 0.349 e. The lowest BCUT2D eigenvalue weighted by Gasteiger charge is -2.32. The minimum atomic E-state index is -0.0756. The van der Waals surface area contributed by atoms with Crippen LogP contribution < -0.4 is 5.32 Å². The van der Waals surface area contributed by atoms with E-state index in [2.05, 4.69) is 26.2 Å². The molecule has 5 nitrogen and oxygen atoms in total. The number of piperidine rings is 1. The second kappa shape index (κ2) is 7.57. The standard InChI is InChI=1S/C18H18BrN3O2/c19-15-5-1-3-13(11-15)17(23)21-16-6-9-22(10-7-16)18(24)14-4-2-8-20-12-14/h1-5,8,11-12,16H,6-7,9-10H2,(H,21,23). The van der Waals surface area contributed by atoms with E-state index in [-0.39, 0.29) is 17.9 Å². The van der Waals surface area contributed by atoms with Crippen molar-refractivity contribution in [1.82, 2.24) is 15.2 Å². The van der Waals surface area contributed by atoms with Gasteiger partial charge < -0.3 is 10.2 Å². The highest BCUT2D eigenvalue weighted by molar-refractivity contribution is 9.10. The lowest BCUT2D eigenvalue weighted by Crippen LogP contribution is -2.46. The molecule has 2 amide bonds. The summed E-state index contributed by atoms with van der Waals surface area (Å²) in [7, 11) is 0. The number of nitrogens with one attached hydrogen (secondary N) is 1. The zero-order valence-corrected chi connectivity index (χ0v) is 14.7. The summed E-state index contributed by atoms with van der Waals surface area (Å²) in [5.74, 6) is -0.0757. The summed E-state index contributed by atoms with van der Waals surface area (Å²) in [5, 5.41) is 3.05. The molecular weight excluding hydrogens is 370 g/mol. The highest BCUT2D eigenvalue weighted by atomic mass is 79.9. The number of amides is 2. The van der Waals surface area contributed by atoms with E-state index in [9.17, 15) is 9.59 Å². The molecular formula is C18H18BrN3O2. The fraction of sp³-hybridized carbons (Fsp3) is 0.278. The van der Waals surface area contributed by atoms with Crippen LogP contribution >= 0.6 is 15.9 Å². The number of aromatic nitrogens is 1. The number of nitrogens with zero attached hydrogens (tertiary/aromatic N) is 2. The summed E-state index contributed by atoms with van der Waals surface area (Å²) in [6.45, 7) is 1.27. The summed E-state index contributed by atoms with van der Waals surface area (Å²) in [6, 6.07) is 11.0. The Morgan fingerprint density at radius 2 is 1.88 bits per heavy atom. The minimum Gasteiger partial charge on any atom is -0.349 e. The summed E-state index contributed by atoms with van der Waals surface area (Å²) < 4.78 is 0.882. The first-order valence-corrected chi connectivity index (χ1v) is 8.68. The number of likely N-dealkylation sites (tertiary alicyclic amines) is 1. The second-order valence-electron chi connectivity index (χ2n) is 5.79. The Morgan fingerprint density at radius 1 is 1.12 bits per heavy atom. The number of rotatable bonds is 3. The Hall–Kier alpha value is -2.21. The van der Waals surface area contributed by atoms with Crippen molar-refractivity contribution >= 4 is 27.7 Å². The van der Waals surface area contributed by atoms with Crippen LogP contribution in [-0.2, 0) is 0 Å². The number of carbonyl (C=O) groups excluding carboxylic acids is 2. The van der Waals surface area contributed by atoms with Gasteiger partial charge in [0.05, 0.1) is 5.56 Å². The quantitative estimate of drug-likeness (QED) is 0.880. The zero-order valence-electron chi connectivity index (χ0n) is 13.1. The first-order valence-electron chi connectivity index (χ1n) is 7.89. The van der Waals surface area contributed by atoms with E-state index in [1.54, 1.807) is 36.7 Å². The third-order valence-electron chi connectivity index (χ3n) is 4.11. The fourth-order valence-electron chi connectivity index (χ4n) is 2.80. The van der Waals surface area contributed by atoms with Crippen LogP contribution in [0.25, 0.3) is 0 Å². The molecule has 24 heavy (non-hydrogen) atoms. The van der Waals surface area contributed by atoms with Gasteiger partial charge in [0.1, 0.15) is 0 Å². The van der Waals surface area contributed by atoms with Crippen LogP contribution in [-0.4, -0.2) is 40.8 Å². The molecule has 0 atom stereocenters. The molecule has 1 fully saturated rings. The van der Waals surface area contributed by atoms with Crippen molar-refractivity contribution in [2.45, 2.75) is 18.9 Å². The van der Waals surface area contributed by atoms with Gasteiger partial charge in [0, 0.05) is 41.6 Å². The molecule has 1 aliphatic rings. The van der Waals surface area contributed by atoms with Gasteiger partial charge in [0.2, 0.25) is 0 Å². The van der Waals surface area contributed by atoms with Gasteiger partial charge in [-0.1, -0.05) is 22.0 Å². The van der Waals surface area contributed by atoms with Crippen molar-refractivity contribution < 1.29 is 9.59 Å². The molecule has 2 aromatic rings. The molecule has 1 aromatic carbocycles. The molecule has 6 heteroatoms. The Balaban J connectivity index is 1.54. The predicted molar refractivity (Wildman–Crippen MR) is 94.8 cm³/mol. The van der Waals surface area contributed by atoms with Crippen LogP contribution in [0.1, 0.15) is 33.6 Å². The number of carbonyl (C=O) groups is 2. The monoisotopic (exact) mass is 387 g/mol. The molecule has 0 bridgehead atoms. The lowest BCUT2D eigenvalue weighted by molar-refractivity contribution is 0.0697. The summed E-state index contributed by atoms with van der Waals surface area (Å²) in [6.07, 6.45) is 4.75. The highest BCUT2D eigenvalue weighted by Gasteiger charge is 2.24. The predicted octanol–water partition coefficient (Wildman–Crippen LogP) is 2.88. The van der Waals surface area contributed by atoms with Crippen LogP contribution in [0, 0.1) is 0 Å². The fourth-order valence-corrected chi connectivity index (χ4v) is 3.20. The average Bonchev–Trinajstić information content (AvgIpc) is 2.62. The van der Waals surface area contributed by atoms with E-state index in [4.69, 9.17) is 0 Å². The van der Waals surface area contributed by atoms with E-state index >= 15 is 0 Å². The molecule has 0 spiro atoms. The normalized spacial score (nSPS) is 15.1. The summed E-state index contributed by atoms with van der Waals surface area (Å²) in [4.78, 5) is 30.5. The number of hydrogen-bond donors (Lipinski definition) is 1. The third kappa shape index (κ3) is 4.00. The van der Waals surface area contributed by atoms with Gasteiger partial charge in [0.25, 0.3) is 11.8 Å². The number of pyridine rings is 1. The Bertz CT molecular complexity index is 728. The third-order valence-corrected chi connectivity index (χ3v) is 4.61. The molecule has 0 saturated carbocycles. The number of benzene rings is 1. The molecule has 0 aliphatic carbocycles. The molecule has 124 valence electrons. The van der Waals surface area contributed by atoms with Gasteiger partial charge in [-0.15, -0.1) is 0 Å². The Labute approximate surface area is 149 Å². The smallest absolute Gasteiger partial charge is 0.255 e. The van der Waals surface area contributed by atoms with E-state index in [0.29, 0.717) is 24.2 Å². The van der Waals surface area contributed by atoms with Crippen molar-refractivity contribution in [2.24, 2.45) is 0 Å². The SMILES string of the molecule is O=C(NC1CCN(C(=O)c2cccnc2)CC1)c1cccc(Br)c1. The number of hydrogen-bond acceptors (Lipinski definition) is 3. The van der Waals surface area contributed by atoms with Gasteiger partial charge in [-0.2, -0.15) is 0 Å². The van der Waals surface area contributed by atoms with Crippen LogP contribution in [0.2, 0.25) is 0 Å². The number of halogens is 1. The maximum Gasteiger partial charge on any atom is 0.255 e. The molecule has 1 N–H and O–H groups in total. The van der Waals surface area contributed by atoms with Gasteiger partial charge >= 0.3 is 0 Å². The zero-order chi connectivity index (χ0) is 16.9. The second-order valence-corrected chi connectivity index (χ2v) is 6.71. The van der Waals surface area contributed by atoms with E-state index in [1.807, 2.05) is 17.0 Å². The maximum atomic E-state index is 12.4. The van der Waals surface area contributed by atoms with Crippen molar-refractivity contribution in [3.8, 4) is 0 Å². The van der Waals surface area contributed by atoms with E-state index in [0.717, 1.165) is 17.3 Å². The van der Waals surface area contributed by atoms with Crippen molar-refractivity contribution in [3.63, 3.8) is 0 Å². The van der Waals surface area contributed by atoms with E-state index < -0.39 is 0 Å². The molecule has 0 radical (unpaired) electrons. The molecule has 3 rings (SSSR count). The van der Waals surface area contributed by atoms with Gasteiger partial charge in [-0.3, -0.25) is 14.6 Å². The lowest BCUT2D eigenvalue weighted by atomic mass is 10.0. The topological polar surface area (TPSA) is 62.3 Å². The molecule has 0 unspecified atom stereocenters. The average molecular weight is 388 g/mol. The minimum absolute atomic E-state index is 0.000124. The van der Waals surface area contributed by atoms with Gasteiger partial charge in [-0.25, -0.2) is 0 Å². The van der Waals surface area contributed by atoms with Crippen molar-refractivity contribution in [1.29, 1.82) is 0 Å². The summed E-state index contributed by atoms with van der Waals surface area (Å²) >= 11 is 3.37. The summed E-state index contributed by atoms with van der Waals surface area (Å²) in [5.41, 5.74) is 1.24. The van der Waals surface area contributed by atoms with Crippen molar-refractivity contribution in [2.75, 3.05) is 13.1 Å². The molecule has 1 aromatic heterocycles. The molecule has 1 aliphatic heterocycles. The first-order chi connectivity index (χ1) is 11.6. The molecule has 1 saturated heterocycles.